The van der Waals surface area contributed by atoms with Crippen LogP contribution in [-0.2, 0) is 0 Å². The van der Waals surface area contributed by atoms with Crippen LogP contribution in [0.25, 0.3) is 0 Å². The molecule has 2 rings (SSSR count). The monoisotopic (exact) mass is 243 g/mol. The summed E-state index contributed by atoms with van der Waals surface area (Å²) in [6.45, 7) is 1.86. The number of pyridine rings is 2. The van der Waals surface area contributed by atoms with E-state index in [1.807, 2.05) is 19.1 Å². The highest BCUT2D eigenvalue weighted by Gasteiger charge is 2.08. The lowest BCUT2D eigenvalue weighted by Gasteiger charge is -2.05. The highest BCUT2D eigenvalue weighted by atomic mass is 16.1. The van der Waals surface area contributed by atoms with Crippen LogP contribution in [-0.4, -0.2) is 15.9 Å². The fourth-order valence-electron chi connectivity index (χ4n) is 1.41. The zero-order valence-electron chi connectivity index (χ0n) is 9.84. The first-order valence-electron chi connectivity index (χ1n) is 5.37. The van der Waals surface area contributed by atoms with E-state index < -0.39 is 0 Å². The lowest BCUT2D eigenvalue weighted by molar-refractivity contribution is 0.102. The molecule has 2 aromatic heterocycles. The van der Waals surface area contributed by atoms with Gasteiger partial charge in [0.1, 0.15) is 11.5 Å². The fourth-order valence-corrected chi connectivity index (χ4v) is 1.41. The van der Waals surface area contributed by atoms with E-state index in [0.29, 0.717) is 17.2 Å². The number of rotatable bonds is 3. The van der Waals surface area contributed by atoms with Crippen LogP contribution >= 0.6 is 0 Å². The van der Waals surface area contributed by atoms with Crippen molar-refractivity contribution in [3.8, 4) is 0 Å². The van der Waals surface area contributed by atoms with Crippen molar-refractivity contribution >= 4 is 17.4 Å². The molecule has 2 aromatic rings. The van der Waals surface area contributed by atoms with E-state index in [-0.39, 0.29) is 5.91 Å². The second kappa shape index (κ2) is 5.24. The van der Waals surface area contributed by atoms with Gasteiger partial charge in [-0.25, -0.2) is 9.97 Å². The smallest absolute Gasteiger partial charge is 0.275 e. The Morgan fingerprint density at radius 3 is 2.72 bits per heavy atom. The molecule has 2 heterocycles. The minimum absolute atomic E-state index is 0.303. The number of carbonyl (C=O) groups excluding carboxylic acids is 1. The van der Waals surface area contributed by atoms with Crippen molar-refractivity contribution in [2.24, 2.45) is 5.84 Å². The number of nitrogens with two attached hydrogens (primary N) is 1. The molecule has 0 aliphatic rings. The Morgan fingerprint density at radius 2 is 2.11 bits per heavy atom. The number of hydrogen-bond acceptors (Lipinski definition) is 5. The van der Waals surface area contributed by atoms with Crippen LogP contribution in [0.3, 0.4) is 0 Å². The third-order valence-electron chi connectivity index (χ3n) is 2.29. The molecule has 0 aromatic carbocycles. The second-order valence-electron chi connectivity index (χ2n) is 3.69. The number of nitrogens with one attached hydrogen (secondary N) is 2. The van der Waals surface area contributed by atoms with E-state index in [4.69, 9.17) is 5.84 Å². The predicted octanol–water partition coefficient (Wildman–Crippen LogP) is 1.32. The van der Waals surface area contributed by atoms with E-state index in [2.05, 4.69) is 20.7 Å². The number of hydrogen-bond donors (Lipinski definition) is 3. The molecule has 0 aliphatic carbocycles. The molecule has 0 unspecified atom stereocenters. The fraction of sp³-hybridized carbons (Fsp3) is 0.0833. The number of aromatic nitrogens is 2. The number of carbonyl (C=O) groups is 1. The van der Waals surface area contributed by atoms with Gasteiger partial charge in [-0.15, -0.1) is 0 Å². The molecule has 18 heavy (non-hydrogen) atoms. The van der Waals surface area contributed by atoms with Crippen molar-refractivity contribution in [3.63, 3.8) is 0 Å². The maximum absolute atomic E-state index is 11.9. The predicted molar refractivity (Wildman–Crippen MR) is 69.0 cm³/mol. The Morgan fingerprint density at radius 1 is 1.28 bits per heavy atom. The largest absolute Gasteiger partial charge is 0.323 e. The number of amides is 1. The van der Waals surface area contributed by atoms with Crippen molar-refractivity contribution < 1.29 is 4.79 Å². The Kier molecular flexibility index (Phi) is 3.49. The summed E-state index contributed by atoms with van der Waals surface area (Å²) in [6.07, 6.45) is 1.48. The van der Waals surface area contributed by atoms with Crippen LogP contribution in [0.5, 0.6) is 0 Å². The van der Waals surface area contributed by atoms with Crippen molar-refractivity contribution in [3.05, 3.63) is 47.9 Å². The van der Waals surface area contributed by atoms with Gasteiger partial charge in [-0.05, 0) is 31.2 Å². The average molecular weight is 243 g/mol. The number of nitrogen functional groups attached to an aromatic ring is 1. The van der Waals surface area contributed by atoms with Gasteiger partial charge in [-0.2, -0.15) is 0 Å². The standard InChI is InChI=1S/C12H13N5O/c1-8-3-2-4-11(15-8)16-12(18)10-6-5-9(17-13)7-14-10/h2-7,17H,13H2,1H3,(H,15,16,18). The Balaban J connectivity index is 2.11. The van der Waals surface area contributed by atoms with Gasteiger partial charge < -0.3 is 10.7 Å². The Hall–Kier alpha value is -2.47. The molecule has 0 saturated carbocycles. The number of nitrogens with zero attached hydrogens (tertiary/aromatic N) is 2. The first-order chi connectivity index (χ1) is 8.69. The summed E-state index contributed by atoms with van der Waals surface area (Å²) in [4.78, 5) is 20.0. The summed E-state index contributed by atoms with van der Waals surface area (Å²) in [5.74, 6) is 5.41. The van der Waals surface area contributed by atoms with E-state index in [1.54, 1.807) is 18.2 Å². The second-order valence-corrected chi connectivity index (χ2v) is 3.69. The van der Waals surface area contributed by atoms with E-state index in [1.165, 1.54) is 6.20 Å². The van der Waals surface area contributed by atoms with Crippen molar-refractivity contribution in [2.45, 2.75) is 6.92 Å². The van der Waals surface area contributed by atoms with Gasteiger partial charge in [0.15, 0.2) is 0 Å². The molecule has 0 fully saturated rings. The lowest BCUT2D eigenvalue weighted by atomic mass is 10.3. The first kappa shape index (κ1) is 12.0. The molecular weight excluding hydrogens is 230 g/mol. The third kappa shape index (κ3) is 2.80. The maximum Gasteiger partial charge on any atom is 0.275 e. The molecule has 0 bridgehead atoms. The molecule has 0 radical (unpaired) electrons. The van der Waals surface area contributed by atoms with E-state index in [9.17, 15) is 4.79 Å². The third-order valence-corrected chi connectivity index (χ3v) is 2.29. The van der Waals surface area contributed by atoms with Gasteiger partial charge in [0.2, 0.25) is 0 Å². The molecule has 6 heteroatoms. The number of aryl methyl sites for hydroxylation is 1. The Labute approximate surface area is 104 Å². The zero-order valence-corrected chi connectivity index (χ0v) is 9.84. The van der Waals surface area contributed by atoms with Gasteiger partial charge in [0.25, 0.3) is 5.91 Å². The highest BCUT2D eigenvalue weighted by molar-refractivity contribution is 6.02. The topological polar surface area (TPSA) is 92.9 Å². The summed E-state index contributed by atoms with van der Waals surface area (Å²) in [6, 6.07) is 8.66. The summed E-state index contributed by atoms with van der Waals surface area (Å²) >= 11 is 0. The number of anilines is 2. The molecule has 1 amide bonds. The lowest BCUT2D eigenvalue weighted by Crippen LogP contribution is -2.15. The quantitative estimate of drug-likeness (QED) is 0.558. The van der Waals surface area contributed by atoms with Crippen LogP contribution in [0.4, 0.5) is 11.5 Å². The van der Waals surface area contributed by atoms with Gasteiger partial charge >= 0.3 is 0 Å². The van der Waals surface area contributed by atoms with Crippen molar-refractivity contribution in [1.29, 1.82) is 0 Å². The maximum atomic E-state index is 11.9. The van der Waals surface area contributed by atoms with E-state index >= 15 is 0 Å². The van der Waals surface area contributed by atoms with Crippen LogP contribution in [0.2, 0.25) is 0 Å². The molecule has 0 saturated heterocycles. The van der Waals surface area contributed by atoms with Crippen LogP contribution in [0.1, 0.15) is 16.2 Å². The molecule has 0 atom stereocenters. The minimum atomic E-state index is -0.309. The molecule has 92 valence electrons. The Bertz CT molecular complexity index is 553. The molecule has 0 aliphatic heterocycles. The summed E-state index contributed by atoms with van der Waals surface area (Å²) in [7, 11) is 0. The molecule has 4 N–H and O–H groups in total. The van der Waals surface area contributed by atoms with Crippen molar-refractivity contribution in [2.75, 3.05) is 10.7 Å². The average Bonchev–Trinajstić information content (AvgIpc) is 2.39. The van der Waals surface area contributed by atoms with Crippen molar-refractivity contribution in [1.82, 2.24) is 9.97 Å². The van der Waals surface area contributed by atoms with Gasteiger partial charge in [-0.1, -0.05) is 6.07 Å². The zero-order chi connectivity index (χ0) is 13.0. The van der Waals surface area contributed by atoms with Crippen LogP contribution in [0.15, 0.2) is 36.5 Å². The minimum Gasteiger partial charge on any atom is -0.323 e. The molecule has 6 nitrogen and oxygen atoms in total. The van der Waals surface area contributed by atoms with Crippen LogP contribution in [0, 0.1) is 6.92 Å². The molecular formula is C12H13N5O. The summed E-state index contributed by atoms with van der Waals surface area (Å²) in [5, 5.41) is 2.67. The highest BCUT2D eigenvalue weighted by Crippen LogP contribution is 2.08. The normalized spacial score (nSPS) is 9.89. The van der Waals surface area contributed by atoms with Gasteiger partial charge in [-0.3, -0.25) is 10.6 Å². The first-order valence-corrected chi connectivity index (χ1v) is 5.37. The summed E-state index contributed by atoms with van der Waals surface area (Å²) in [5.41, 5.74) is 4.22. The number of hydrazine groups is 1. The van der Waals surface area contributed by atoms with Crippen LogP contribution < -0.4 is 16.6 Å². The van der Waals surface area contributed by atoms with Gasteiger partial charge in [0, 0.05) is 5.69 Å². The summed E-state index contributed by atoms with van der Waals surface area (Å²) < 4.78 is 0. The van der Waals surface area contributed by atoms with E-state index in [0.717, 1.165) is 5.69 Å². The SMILES string of the molecule is Cc1cccc(NC(=O)c2ccc(NN)cn2)n1. The molecule has 0 spiro atoms. The van der Waals surface area contributed by atoms with Gasteiger partial charge in [0.05, 0.1) is 11.9 Å².